The van der Waals surface area contributed by atoms with Crippen molar-refractivity contribution in [1.82, 2.24) is 0 Å². The number of hydrogen-bond donors (Lipinski definition) is 0. The summed E-state index contributed by atoms with van der Waals surface area (Å²) < 4.78 is 0. The van der Waals surface area contributed by atoms with E-state index in [0.29, 0.717) is 5.02 Å². The normalized spacial score (nSPS) is 9.85. The van der Waals surface area contributed by atoms with Crippen LogP contribution in [0.25, 0.3) is 10.8 Å². The van der Waals surface area contributed by atoms with Gasteiger partial charge in [0.05, 0.1) is 5.02 Å². The Morgan fingerprint density at radius 1 is 1.08 bits per heavy atom. The maximum Gasteiger partial charge on any atom is 0.0640 e. The van der Waals surface area contributed by atoms with Crippen molar-refractivity contribution in [2.75, 3.05) is 0 Å². The number of benzene rings is 2. The first-order chi connectivity index (χ1) is 6.33. The van der Waals surface area contributed by atoms with Crippen molar-refractivity contribution in [1.29, 1.82) is 0 Å². The van der Waals surface area contributed by atoms with Gasteiger partial charge in [0.15, 0.2) is 0 Å². The molecule has 0 nitrogen and oxygen atoms in total. The van der Waals surface area contributed by atoms with Crippen molar-refractivity contribution in [3.63, 3.8) is 0 Å². The SMILES string of the molecule is C#Cc1ccc2ccccc2c1Cl. The van der Waals surface area contributed by atoms with Crippen molar-refractivity contribution in [3.8, 4) is 12.3 Å². The van der Waals surface area contributed by atoms with E-state index in [-0.39, 0.29) is 0 Å². The van der Waals surface area contributed by atoms with E-state index in [1.165, 1.54) is 0 Å². The van der Waals surface area contributed by atoms with Crippen LogP contribution < -0.4 is 0 Å². The van der Waals surface area contributed by atoms with E-state index in [9.17, 15) is 0 Å². The molecule has 0 aromatic heterocycles. The molecule has 0 amide bonds. The minimum absolute atomic E-state index is 0.667. The zero-order valence-electron chi connectivity index (χ0n) is 6.92. The van der Waals surface area contributed by atoms with Gasteiger partial charge in [-0.25, -0.2) is 0 Å². The number of terminal acetylenes is 1. The van der Waals surface area contributed by atoms with E-state index in [4.69, 9.17) is 18.0 Å². The summed E-state index contributed by atoms with van der Waals surface area (Å²) in [4.78, 5) is 0. The molecule has 0 unspecified atom stereocenters. The van der Waals surface area contributed by atoms with Crippen LogP contribution in [0.15, 0.2) is 36.4 Å². The van der Waals surface area contributed by atoms with Crippen molar-refractivity contribution in [2.45, 2.75) is 0 Å². The van der Waals surface area contributed by atoms with Crippen molar-refractivity contribution in [2.24, 2.45) is 0 Å². The van der Waals surface area contributed by atoms with Crippen LogP contribution in [0.4, 0.5) is 0 Å². The topological polar surface area (TPSA) is 0 Å². The van der Waals surface area contributed by atoms with Gasteiger partial charge in [-0.15, -0.1) is 6.42 Å². The van der Waals surface area contributed by atoms with Crippen LogP contribution in [0, 0.1) is 12.3 Å². The second kappa shape index (κ2) is 3.12. The molecule has 0 aliphatic rings. The largest absolute Gasteiger partial charge is 0.115 e. The summed E-state index contributed by atoms with van der Waals surface area (Å²) in [6.07, 6.45) is 5.31. The average Bonchev–Trinajstić information content (AvgIpc) is 2.19. The summed E-state index contributed by atoms with van der Waals surface area (Å²) >= 11 is 6.10. The van der Waals surface area contributed by atoms with E-state index in [2.05, 4.69) is 5.92 Å². The molecule has 0 radical (unpaired) electrons. The highest BCUT2D eigenvalue weighted by Crippen LogP contribution is 2.26. The molecule has 13 heavy (non-hydrogen) atoms. The van der Waals surface area contributed by atoms with Crippen molar-refractivity contribution in [3.05, 3.63) is 47.0 Å². The van der Waals surface area contributed by atoms with E-state index in [0.717, 1.165) is 16.3 Å². The van der Waals surface area contributed by atoms with Crippen LogP contribution in [0.1, 0.15) is 5.56 Å². The Morgan fingerprint density at radius 2 is 1.85 bits per heavy atom. The molecular formula is C12H7Cl. The van der Waals surface area contributed by atoms with Gasteiger partial charge in [0.1, 0.15) is 0 Å². The Labute approximate surface area is 82.1 Å². The number of rotatable bonds is 0. The highest BCUT2D eigenvalue weighted by atomic mass is 35.5. The molecule has 2 rings (SSSR count). The smallest absolute Gasteiger partial charge is 0.0640 e. The Balaban J connectivity index is 2.89. The van der Waals surface area contributed by atoms with Crippen LogP contribution >= 0.6 is 11.6 Å². The monoisotopic (exact) mass is 186 g/mol. The zero-order chi connectivity index (χ0) is 9.26. The third-order valence-corrected chi connectivity index (χ3v) is 2.43. The molecule has 1 heteroatoms. The van der Waals surface area contributed by atoms with Gasteiger partial charge in [-0.3, -0.25) is 0 Å². The molecule has 0 N–H and O–H groups in total. The van der Waals surface area contributed by atoms with Gasteiger partial charge < -0.3 is 0 Å². The summed E-state index contributed by atoms with van der Waals surface area (Å²) in [5.41, 5.74) is 0.750. The second-order valence-electron chi connectivity index (χ2n) is 2.79. The first-order valence-electron chi connectivity index (χ1n) is 3.97. The van der Waals surface area contributed by atoms with E-state index in [1.807, 2.05) is 36.4 Å². The minimum atomic E-state index is 0.667. The van der Waals surface area contributed by atoms with Crippen LogP contribution in [0.2, 0.25) is 5.02 Å². The van der Waals surface area contributed by atoms with Gasteiger partial charge in [0.2, 0.25) is 0 Å². The molecule has 2 aromatic carbocycles. The lowest BCUT2D eigenvalue weighted by molar-refractivity contribution is 1.70. The fraction of sp³-hybridized carbons (Fsp3) is 0. The second-order valence-corrected chi connectivity index (χ2v) is 3.17. The molecule has 0 bridgehead atoms. The van der Waals surface area contributed by atoms with Crippen molar-refractivity contribution < 1.29 is 0 Å². The summed E-state index contributed by atoms with van der Waals surface area (Å²) in [5.74, 6) is 2.56. The van der Waals surface area contributed by atoms with Gasteiger partial charge in [0.25, 0.3) is 0 Å². The number of fused-ring (bicyclic) bond motifs is 1. The third kappa shape index (κ3) is 1.28. The van der Waals surface area contributed by atoms with Gasteiger partial charge >= 0.3 is 0 Å². The molecule has 0 aliphatic heterocycles. The average molecular weight is 187 g/mol. The summed E-state index contributed by atoms with van der Waals surface area (Å²) in [5, 5.41) is 2.80. The summed E-state index contributed by atoms with van der Waals surface area (Å²) in [7, 11) is 0. The highest BCUT2D eigenvalue weighted by Gasteiger charge is 2.01. The van der Waals surface area contributed by atoms with Crippen LogP contribution in [-0.4, -0.2) is 0 Å². The first kappa shape index (κ1) is 8.16. The maximum absolute atomic E-state index is 6.10. The first-order valence-corrected chi connectivity index (χ1v) is 4.34. The number of halogens is 1. The molecule has 0 saturated carbocycles. The molecule has 0 saturated heterocycles. The van der Waals surface area contributed by atoms with Gasteiger partial charge in [-0.1, -0.05) is 47.9 Å². The molecule has 0 spiro atoms. The summed E-state index contributed by atoms with van der Waals surface area (Å²) in [6, 6.07) is 11.8. The maximum atomic E-state index is 6.10. The van der Waals surface area contributed by atoms with Gasteiger partial charge in [-0.2, -0.15) is 0 Å². The Kier molecular flexibility index (Phi) is 1.96. The summed E-state index contributed by atoms with van der Waals surface area (Å²) in [6.45, 7) is 0. The Hall–Kier alpha value is -1.45. The van der Waals surface area contributed by atoms with Crippen molar-refractivity contribution >= 4 is 22.4 Å². The quantitative estimate of drug-likeness (QED) is 0.553. The molecule has 0 fully saturated rings. The molecule has 2 aromatic rings. The molecule has 62 valence electrons. The lowest BCUT2D eigenvalue weighted by Crippen LogP contribution is -1.79. The Morgan fingerprint density at radius 3 is 2.62 bits per heavy atom. The Bertz CT molecular complexity index is 492. The molecule has 0 heterocycles. The van der Waals surface area contributed by atoms with Crippen LogP contribution in [-0.2, 0) is 0 Å². The lowest BCUT2D eigenvalue weighted by atomic mass is 10.1. The van der Waals surface area contributed by atoms with Crippen LogP contribution in [0.3, 0.4) is 0 Å². The number of hydrogen-bond acceptors (Lipinski definition) is 0. The predicted molar refractivity (Wildman–Crippen MR) is 56.9 cm³/mol. The third-order valence-electron chi connectivity index (χ3n) is 2.02. The van der Waals surface area contributed by atoms with E-state index >= 15 is 0 Å². The van der Waals surface area contributed by atoms with E-state index < -0.39 is 0 Å². The molecule has 0 aliphatic carbocycles. The highest BCUT2D eigenvalue weighted by molar-refractivity contribution is 6.36. The van der Waals surface area contributed by atoms with E-state index in [1.54, 1.807) is 0 Å². The standard InChI is InChI=1S/C12H7Cl/c1-2-9-7-8-10-5-3-4-6-11(10)12(9)13/h1,3-8H. The fourth-order valence-corrected chi connectivity index (χ4v) is 1.63. The fourth-order valence-electron chi connectivity index (χ4n) is 1.35. The lowest BCUT2D eigenvalue weighted by Gasteiger charge is -2.01. The van der Waals surface area contributed by atoms with Gasteiger partial charge in [-0.05, 0) is 11.5 Å². The zero-order valence-corrected chi connectivity index (χ0v) is 7.68. The van der Waals surface area contributed by atoms with Crippen LogP contribution in [0.5, 0.6) is 0 Å². The molecule has 0 atom stereocenters. The minimum Gasteiger partial charge on any atom is -0.115 e. The molecular weight excluding hydrogens is 180 g/mol. The predicted octanol–water partition coefficient (Wildman–Crippen LogP) is 3.47. The van der Waals surface area contributed by atoms with Gasteiger partial charge in [0, 0.05) is 10.9 Å².